The minimum absolute atomic E-state index is 0.172. The molecule has 0 heterocycles. The number of ketones is 1. The van der Waals surface area contributed by atoms with Crippen molar-refractivity contribution in [2.24, 2.45) is 0 Å². The van der Waals surface area contributed by atoms with E-state index in [4.69, 9.17) is 4.74 Å². The van der Waals surface area contributed by atoms with Crippen LogP contribution in [-0.2, 0) is 11.3 Å². The molecule has 6 heteroatoms. The third-order valence-electron chi connectivity index (χ3n) is 2.21. The molecule has 0 amide bonds. The van der Waals surface area contributed by atoms with Gasteiger partial charge in [-0.3, -0.25) is 4.79 Å². The van der Waals surface area contributed by atoms with Crippen molar-refractivity contribution in [2.75, 3.05) is 13.7 Å². The summed E-state index contributed by atoms with van der Waals surface area (Å²) >= 11 is 0. The molecule has 0 fully saturated rings. The van der Waals surface area contributed by atoms with E-state index in [1.54, 1.807) is 6.07 Å². The molecular formula is C12H13F3O3. The smallest absolute Gasteiger partial charge is 0.411 e. The summed E-state index contributed by atoms with van der Waals surface area (Å²) in [7, 11) is 1.40. The number of hydrogen-bond acceptors (Lipinski definition) is 3. The van der Waals surface area contributed by atoms with Gasteiger partial charge in [0.15, 0.2) is 5.78 Å². The zero-order chi connectivity index (χ0) is 13.8. The molecule has 1 rings (SSSR count). The average Bonchev–Trinajstić information content (AvgIpc) is 2.27. The molecule has 0 spiro atoms. The maximum Gasteiger partial charge on any atom is 0.411 e. The van der Waals surface area contributed by atoms with E-state index >= 15 is 0 Å². The molecule has 0 unspecified atom stereocenters. The zero-order valence-electron chi connectivity index (χ0n) is 10.0. The van der Waals surface area contributed by atoms with Crippen LogP contribution in [0.2, 0.25) is 0 Å². The molecule has 0 saturated heterocycles. The van der Waals surface area contributed by atoms with E-state index in [0.717, 1.165) is 0 Å². The lowest BCUT2D eigenvalue weighted by atomic mass is 10.1. The molecule has 0 aliphatic rings. The SMILES string of the molecule is COc1ccc(C(C)=O)cc1COCC(F)(F)F. The molecule has 0 saturated carbocycles. The Hall–Kier alpha value is -1.56. The van der Waals surface area contributed by atoms with Gasteiger partial charge < -0.3 is 9.47 Å². The summed E-state index contributed by atoms with van der Waals surface area (Å²) in [6, 6.07) is 4.55. The minimum Gasteiger partial charge on any atom is -0.496 e. The molecule has 0 N–H and O–H groups in total. The summed E-state index contributed by atoms with van der Waals surface area (Å²) in [5.74, 6) is 0.219. The molecule has 1 aromatic carbocycles. The fraction of sp³-hybridized carbons (Fsp3) is 0.417. The van der Waals surface area contributed by atoms with E-state index in [0.29, 0.717) is 16.9 Å². The third-order valence-corrected chi connectivity index (χ3v) is 2.21. The van der Waals surface area contributed by atoms with Crippen LogP contribution in [0, 0.1) is 0 Å². The largest absolute Gasteiger partial charge is 0.496 e. The van der Waals surface area contributed by atoms with Gasteiger partial charge in [-0.15, -0.1) is 0 Å². The Bertz CT molecular complexity index is 427. The summed E-state index contributed by atoms with van der Waals surface area (Å²) in [5, 5.41) is 0. The first-order valence-electron chi connectivity index (χ1n) is 5.16. The van der Waals surface area contributed by atoms with E-state index in [1.165, 1.54) is 26.2 Å². The maximum absolute atomic E-state index is 11.9. The highest BCUT2D eigenvalue weighted by Gasteiger charge is 2.27. The minimum atomic E-state index is -4.37. The first kappa shape index (κ1) is 14.5. The molecule has 0 bridgehead atoms. The Morgan fingerprint density at radius 3 is 2.50 bits per heavy atom. The van der Waals surface area contributed by atoms with Crippen LogP contribution in [0.3, 0.4) is 0 Å². The zero-order valence-corrected chi connectivity index (χ0v) is 10.0. The molecule has 0 aliphatic carbocycles. The average molecular weight is 262 g/mol. The number of ether oxygens (including phenoxy) is 2. The monoisotopic (exact) mass is 262 g/mol. The van der Waals surface area contributed by atoms with E-state index in [9.17, 15) is 18.0 Å². The lowest BCUT2D eigenvalue weighted by Gasteiger charge is -2.11. The van der Waals surface area contributed by atoms with Gasteiger partial charge in [-0.2, -0.15) is 13.2 Å². The Balaban J connectivity index is 2.78. The maximum atomic E-state index is 11.9. The highest BCUT2D eigenvalue weighted by atomic mass is 19.4. The molecular weight excluding hydrogens is 249 g/mol. The van der Waals surface area contributed by atoms with Crippen LogP contribution in [0.5, 0.6) is 5.75 Å². The van der Waals surface area contributed by atoms with E-state index < -0.39 is 12.8 Å². The summed E-state index contributed by atoms with van der Waals surface area (Å²) in [6.45, 7) is -0.216. The van der Waals surface area contributed by atoms with Crippen molar-refractivity contribution in [2.45, 2.75) is 19.7 Å². The third kappa shape index (κ3) is 4.37. The van der Waals surface area contributed by atoms with Crippen LogP contribution in [0.15, 0.2) is 18.2 Å². The van der Waals surface area contributed by atoms with Gasteiger partial charge in [0.25, 0.3) is 0 Å². The second kappa shape index (κ2) is 5.86. The van der Waals surface area contributed by atoms with Crippen molar-refractivity contribution in [3.63, 3.8) is 0 Å². The van der Waals surface area contributed by atoms with Crippen LogP contribution in [0.25, 0.3) is 0 Å². The molecule has 0 atom stereocenters. The number of carbonyl (C=O) groups is 1. The second-order valence-electron chi connectivity index (χ2n) is 3.69. The molecule has 0 radical (unpaired) electrons. The standard InChI is InChI=1S/C12H13F3O3/c1-8(16)9-3-4-11(17-2)10(5-9)6-18-7-12(13,14)15/h3-5H,6-7H2,1-2H3. The van der Waals surface area contributed by atoms with Gasteiger partial charge >= 0.3 is 6.18 Å². The van der Waals surface area contributed by atoms with Crippen molar-refractivity contribution in [3.05, 3.63) is 29.3 Å². The van der Waals surface area contributed by atoms with Gasteiger partial charge in [-0.05, 0) is 25.1 Å². The Kier molecular flexibility index (Phi) is 4.72. The molecule has 18 heavy (non-hydrogen) atoms. The molecule has 3 nitrogen and oxygen atoms in total. The highest BCUT2D eigenvalue weighted by molar-refractivity contribution is 5.94. The fourth-order valence-corrected chi connectivity index (χ4v) is 1.39. The summed E-state index contributed by atoms with van der Waals surface area (Å²) in [5.41, 5.74) is 0.816. The number of halogens is 3. The van der Waals surface area contributed by atoms with Gasteiger partial charge in [-0.1, -0.05) is 0 Å². The number of benzene rings is 1. The van der Waals surface area contributed by atoms with Crippen LogP contribution in [-0.4, -0.2) is 25.7 Å². The predicted molar refractivity (Wildman–Crippen MR) is 58.7 cm³/mol. The molecule has 1 aromatic rings. The Labute approximate surface area is 103 Å². The van der Waals surface area contributed by atoms with Gasteiger partial charge in [-0.25, -0.2) is 0 Å². The first-order valence-corrected chi connectivity index (χ1v) is 5.16. The second-order valence-corrected chi connectivity index (χ2v) is 3.69. The lowest BCUT2D eigenvalue weighted by Crippen LogP contribution is -2.17. The van der Waals surface area contributed by atoms with E-state index in [1.807, 2.05) is 0 Å². The van der Waals surface area contributed by atoms with Gasteiger partial charge in [0.1, 0.15) is 12.4 Å². The van der Waals surface area contributed by atoms with Crippen molar-refractivity contribution < 1.29 is 27.4 Å². The van der Waals surface area contributed by atoms with E-state index in [2.05, 4.69) is 4.74 Å². The number of carbonyl (C=O) groups excluding carboxylic acids is 1. The number of alkyl halides is 3. The lowest BCUT2D eigenvalue weighted by molar-refractivity contribution is -0.176. The van der Waals surface area contributed by atoms with Crippen LogP contribution < -0.4 is 4.74 Å². The summed E-state index contributed by atoms with van der Waals surface area (Å²) in [4.78, 5) is 11.2. The number of methoxy groups -OCH3 is 1. The van der Waals surface area contributed by atoms with Crippen LogP contribution in [0.1, 0.15) is 22.8 Å². The predicted octanol–water partition coefficient (Wildman–Crippen LogP) is 2.98. The van der Waals surface area contributed by atoms with Crippen molar-refractivity contribution in [3.8, 4) is 5.75 Å². The van der Waals surface area contributed by atoms with Crippen molar-refractivity contribution in [1.82, 2.24) is 0 Å². The highest BCUT2D eigenvalue weighted by Crippen LogP contribution is 2.22. The quantitative estimate of drug-likeness (QED) is 0.765. The van der Waals surface area contributed by atoms with Crippen LogP contribution >= 0.6 is 0 Å². The van der Waals surface area contributed by atoms with Gasteiger partial charge in [0.05, 0.1) is 13.7 Å². The number of Topliss-reactive ketones (excluding diaryl/α,β-unsaturated/α-hetero) is 1. The number of rotatable bonds is 5. The van der Waals surface area contributed by atoms with Crippen molar-refractivity contribution >= 4 is 5.78 Å². The normalized spacial score (nSPS) is 11.4. The van der Waals surface area contributed by atoms with Gasteiger partial charge in [0, 0.05) is 11.1 Å². The summed E-state index contributed by atoms with van der Waals surface area (Å²) in [6.07, 6.45) is -4.37. The van der Waals surface area contributed by atoms with Crippen LogP contribution in [0.4, 0.5) is 13.2 Å². The number of hydrogen-bond donors (Lipinski definition) is 0. The molecule has 100 valence electrons. The first-order chi connectivity index (χ1) is 8.33. The Morgan fingerprint density at radius 1 is 1.33 bits per heavy atom. The molecule has 0 aliphatic heterocycles. The fourth-order valence-electron chi connectivity index (χ4n) is 1.39. The van der Waals surface area contributed by atoms with E-state index in [-0.39, 0.29) is 12.4 Å². The van der Waals surface area contributed by atoms with Crippen molar-refractivity contribution in [1.29, 1.82) is 0 Å². The molecule has 0 aromatic heterocycles. The summed E-state index contributed by atoms with van der Waals surface area (Å²) < 4.78 is 45.3. The topological polar surface area (TPSA) is 35.5 Å². The van der Waals surface area contributed by atoms with Gasteiger partial charge in [0.2, 0.25) is 0 Å². The Morgan fingerprint density at radius 2 is 2.00 bits per heavy atom.